The van der Waals surface area contributed by atoms with Gasteiger partial charge in [0.05, 0.1) is 25.4 Å². The van der Waals surface area contributed by atoms with Gasteiger partial charge in [0.25, 0.3) is 0 Å². The molecule has 0 aromatic heterocycles. The number of ketones is 1. The normalized spacial score (nSPS) is 23.1. The number of esters is 3. The van der Waals surface area contributed by atoms with E-state index in [1.54, 1.807) is 39.8 Å². The van der Waals surface area contributed by atoms with Crippen molar-refractivity contribution in [3.63, 3.8) is 0 Å². The molecule has 0 aliphatic heterocycles. The number of allylic oxidation sites excluding steroid dienone is 1. The second-order valence-corrected chi connectivity index (χ2v) is 10.1. The molecular weight excluding hydrogens is 476 g/mol. The first-order valence-corrected chi connectivity index (χ1v) is 14.0. The summed E-state index contributed by atoms with van der Waals surface area (Å²) >= 11 is 0. The number of ether oxygens (including phenoxy) is 3. The zero-order valence-electron chi connectivity index (χ0n) is 23.5. The Morgan fingerprint density at radius 2 is 1.59 bits per heavy atom. The first-order chi connectivity index (χ1) is 17.6. The monoisotopic (exact) mass is 524 g/mol. The largest absolute Gasteiger partial charge is 0.466 e. The van der Waals surface area contributed by atoms with Gasteiger partial charge < -0.3 is 19.3 Å². The fourth-order valence-corrected chi connectivity index (χ4v) is 5.07. The highest BCUT2D eigenvalue weighted by atomic mass is 16.5. The van der Waals surface area contributed by atoms with Crippen LogP contribution in [-0.4, -0.2) is 54.2 Å². The molecule has 1 aliphatic carbocycles. The Hall–Kier alpha value is -2.22. The molecule has 8 heteroatoms. The lowest BCUT2D eigenvalue weighted by Gasteiger charge is -2.31. The van der Waals surface area contributed by atoms with Crippen LogP contribution in [0.2, 0.25) is 0 Å². The van der Waals surface area contributed by atoms with E-state index >= 15 is 0 Å². The zero-order valence-corrected chi connectivity index (χ0v) is 23.5. The topological polar surface area (TPSA) is 116 Å². The van der Waals surface area contributed by atoms with Crippen molar-refractivity contribution in [3.8, 4) is 0 Å². The van der Waals surface area contributed by atoms with Crippen molar-refractivity contribution in [2.24, 2.45) is 17.3 Å². The molecule has 0 radical (unpaired) electrons. The highest BCUT2D eigenvalue weighted by Crippen LogP contribution is 2.49. The lowest BCUT2D eigenvalue weighted by Crippen LogP contribution is -2.44. The van der Waals surface area contributed by atoms with E-state index in [1.165, 1.54) is 0 Å². The Morgan fingerprint density at radius 3 is 2.22 bits per heavy atom. The molecule has 2 unspecified atom stereocenters. The average molecular weight is 525 g/mol. The maximum Gasteiger partial charge on any atom is 0.320 e. The van der Waals surface area contributed by atoms with Crippen molar-refractivity contribution in [1.29, 1.82) is 0 Å². The number of hydrogen-bond acceptors (Lipinski definition) is 8. The highest BCUT2D eigenvalue weighted by molar-refractivity contribution is 6.14. The summed E-state index contributed by atoms with van der Waals surface area (Å²) in [6.07, 6.45) is 10.2. The summed E-state index contributed by atoms with van der Waals surface area (Å²) in [5, 5.41) is 10.9. The quantitative estimate of drug-likeness (QED) is 0.0866. The molecular formula is C29H48O8. The number of aliphatic hydroxyl groups is 1. The maximum atomic E-state index is 13.7. The van der Waals surface area contributed by atoms with Crippen molar-refractivity contribution in [2.75, 3.05) is 19.8 Å². The smallest absolute Gasteiger partial charge is 0.320 e. The van der Waals surface area contributed by atoms with Crippen LogP contribution in [-0.2, 0) is 33.4 Å². The summed E-state index contributed by atoms with van der Waals surface area (Å²) in [6.45, 7) is 9.55. The molecule has 0 heterocycles. The summed E-state index contributed by atoms with van der Waals surface area (Å²) in [4.78, 5) is 51.3. The number of unbranched alkanes of at least 4 members (excludes halogenated alkanes) is 5. The third-order valence-electron chi connectivity index (χ3n) is 7.07. The van der Waals surface area contributed by atoms with Crippen molar-refractivity contribution < 1.29 is 38.5 Å². The number of Topliss-reactive ketones (excluding diaryl/α,β-unsaturated/α-hetero) is 1. The SMILES string of the molecule is CCCCCC(C)(O)C=CC1C[C@@H](C(=O)OCC)C(=O)[C@]1(CCCCCCC(=O)OCC)C(=O)OCC. The van der Waals surface area contributed by atoms with Gasteiger partial charge in [0.1, 0.15) is 11.3 Å². The molecule has 1 aliphatic rings. The molecule has 37 heavy (non-hydrogen) atoms. The molecule has 0 spiro atoms. The van der Waals surface area contributed by atoms with Crippen LogP contribution < -0.4 is 0 Å². The average Bonchev–Trinajstić information content (AvgIpc) is 3.13. The predicted molar refractivity (Wildman–Crippen MR) is 141 cm³/mol. The number of carbonyl (C=O) groups is 4. The summed E-state index contributed by atoms with van der Waals surface area (Å²) in [5.74, 6) is -3.58. The molecule has 0 aromatic rings. The molecule has 1 rings (SSSR count). The van der Waals surface area contributed by atoms with Crippen LogP contribution in [0.25, 0.3) is 0 Å². The van der Waals surface area contributed by atoms with Crippen LogP contribution >= 0.6 is 0 Å². The Balaban J connectivity index is 3.15. The second kappa shape index (κ2) is 16.6. The molecule has 0 saturated heterocycles. The molecule has 1 fully saturated rings. The Kier molecular flexibility index (Phi) is 14.7. The first-order valence-electron chi connectivity index (χ1n) is 14.0. The predicted octanol–water partition coefficient (Wildman–Crippen LogP) is 5.10. The maximum absolute atomic E-state index is 13.7. The fraction of sp³-hybridized carbons (Fsp3) is 0.793. The van der Waals surface area contributed by atoms with Gasteiger partial charge in [0.15, 0.2) is 5.78 Å². The summed E-state index contributed by atoms with van der Waals surface area (Å²) in [6, 6.07) is 0. The van der Waals surface area contributed by atoms with E-state index in [0.717, 1.165) is 25.7 Å². The Labute approximate surface area is 222 Å². The molecule has 1 saturated carbocycles. The second-order valence-electron chi connectivity index (χ2n) is 10.1. The minimum atomic E-state index is -1.51. The van der Waals surface area contributed by atoms with E-state index in [2.05, 4.69) is 6.92 Å². The lowest BCUT2D eigenvalue weighted by molar-refractivity contribution is -0.163. The van der Waals surface area contributed by atoms with Crippen molar-refractivity contribution >= 4 is 23.7 Å². The Morgan fingerprint density at radius 1 is 0.946 bits per heavy atom. The van der Waals surface area contributed by atoms with Crippen molar-refractivity contribution in [2.45, 2.75) is 111 Å². The van der Waals surface area contributed by atoms with Gasteiger partial charge in [-0.05, 0) is 53.4 Å². The molecule has 212 valence electrons. The van der Waals surface area contributed by atoms with E-state index in [9.17, 15) is 24.3 Å². The van der Waals surface area contributed by atoms with Gasteiger partial charge in [-0.1, -0.05) is 57.6 Å². The Bertz CT molecular complexity index is 772. The molecule has 4 atom stereocenters. The van der Waals surface area contributed by atoms with Gasteiger partial charge in [0.2, 0.25) is 0 Å². The van der Waals surface area contributed by atoms with Gasteiger partial charge in [0, 0.05) is 12.3 Å². The fourth-order valence-electron chi connectivity index (χ4n) is 5.07. The van der Waals surface area contributed by atoms with Crippen molar-refractivity contribution in [3.05, 3.63) is 12.2 Å². The van der Waals surface area contributed by atoms with Gasteiger partial charge in [-0.25, -0.2) is 0 Å². The van der Waals surface area contributed by atoms with Crippen LogP contribution in [0, 0.1) is 17.3 Å². The van der Waals surface area contributed by atoms with E-state index in [4.69, 9.17) is 14.2 Å². The van der Waals surface area contributed by atoms with Crippen LogP contribution in [0.4, 0.5) is 0 Å². The van der Waals surface area contributed by atoms with Gasteiger partial charge >= 0.3 is 17.9 Å². The number of hydrogen-bond donors (Lipinski definition) is 1. The van der Waals surface area contributed by atoms with Crippen molar-refractivity contribution in [1.82, 2.24) is 0 Å². The molecule has 8 nitrogen and oxygen atoms in total. The van der Waals surface area contributed by atoms with Crippen LogP contribution in [0.5, 0.6) is 0 Å². The van der Waals surface area contributed by atoms with Gasteiger partial charge in [-0.15, -0.1) is 0 Å². The molecule has 1 N–H and O–H groups in total. The van der Waals surface area contributed by atoms with E-state index in [1.807, 2.05) is 0 Å². The van der Waals surface area contributed by atoms with Crippen LogP contribution in [0.3, 0.4) is 0 Å². The number of carbonyl (C=O) groups excluding carboxylic acids is 4. The third kappa shape index (κ3) is 9.87. The molecule has 0 amide bonds. The third-order valence-corrected chi connectivity index (χ3v) is 7.07. The molecule has 0 aromatic carbocycles. The zero-order chi connectivity index (χ0) is 27.9. The number of rotatable bonds is 18. The van der Waals surface area contributed by atoms with Gasteiger partial charge in [-0.3, -0.25) is 19.2 Å². The van der Waals surface area contributed by atoms with Gasteiger partial charge in [-0.2, -0.15) is 0 Å². The summed E-state index contributed by atoms with van der Waals surface area (Å²) in [7, 11) is 0. The van der Waals surface area contributed by atoms with E-state index < -0.39 is 40.6 Å². The minimum Gasteiger partial charge on any atom is -0.466 e. The minimum absolute atomic E-state index is 0.114. The highest BCUT2D eigenvalue weighted by Gasteiger charge is 2.61. The van der Waals surface area contributed by atoms with E-state index in [0.29, 0.717) is 38.7 Å². The standard InChI is InChI=1S/C29H48O8/c1-6-10-14-18-28(5,34)20-17-22-21-23(26(32)36-8-3)25(31)29(22,27(33)37-9-4)19-15-12-11-13-16-24(30)35-7-2/h17,20,22-23,34H,6-16,18-19,21H2,1-5H3/t22?,23-,28?,29-/m1/s1. The van der Waals surface area contributed by atoms with E-state index in [-0.39, 0.29) is 32.0 Å². The summed E-state index contributed by atoms with van der Waals surface area (Å²) in [5.41, 5.74) is -2.60. The lowest BCUT2D eigenvalue weighted by atomic mass is 9.72. The van der Waals surface area contributed by atoms with Crippen LogP contribution in [0.15, 0.2) is 12.2 Å². The molecule has 0 bridgehead atoms. The van der Waals surface area contributed by atoms with Crippen LogP contribution in [0.1, 0.15) is 105 Å². The first kappa shape index (κ1) is 32.8. The summed E-state index contributed by atoms with van der Waals surface area (Å²) < 4.78 is 15.5.